The Morgan fingerprint density at radius 3 is 2.79 bits per heavy atom. The summed E-state index contributed by atoms with van der Waals surface area (Å²) >= 11 is 0. The lowest BCUT2D eigenvalue weighted by molar-refractivity contribution is -0.142. The summed E-state index contributed by atoms with van der Waals surface area (Å²) in [5.41, 5.74) is 4.15. The molecule has 0 saturated carbocycles. The van der Waals surface area contributed by atoms with E-state index in [9.17, 15) is 9.90 Å². The van der Waals surface area contributed by atoms with E-state index in [1.54, 1.807) is 20.0 Å². The lowest BCUT2D eigenvalue weighted by Gasteiger charge is -2.33. The standard InChI is InChI=1S/C26H30N4O3/c1-17-9-10-20(26(2,3)25(31)32)15-19(17)11-13-27-23(18-7-5-4-6-8-18)22-16-28-21-12-14-29-30-24(21)33-22/h4-10,12,14-15,22-23,27-28H,11,13,16H2,1-3H3,(H,31,32)/t22-,23-/m1/s1. The molecular weight excluding hydrogens is 416 g/mol. The number of carbonyl (C=O) groups is 1. The third-order valence-corrected chi connectivity index (χ3v) is 6.34. The molecule has 0 radical (unpaired) electrons. The maximum absolute atomic E-state index is 11.7. The molecule has 0 spiro atoms. The molecule has 3 N–H and O–H groups in total. The van der Waals surface area contributed by atoms with Crippen LogP contribution in [0.15, 0.2) is 60.8 Å². The van der Waals surface area contributed by atoms with Crippen molar-refractivity contribution in [2.45, 2.75) is 44.8 Å². The van der Waals surface area contributed by atoms with Gasteiger partial charge in [0.25, 0.3) is 5.88 Å². The Labute approximate surface area is 194 Å². The summed E-state index contributed by atoms with van der Waals surface area (Å²) in [6.45, 7) is 6.89. The Bertz CT molecular complexity index is 1120. The van der Waals surface area contributed by atoms with Crippen molar-refractivity contribution in [2.75, 3.05) is 18.4 Å². The van der Waals surface area contributed by atoms with E-state index in [0.717, 1.165) is 34.4 Å². The topological polar surface area (TPSA) is 96.4 Å². The lowest BCUT2D eigenvalue weighted by atomic mass is 9.83. The van der Waals surface area contributed by atoms with Crippen LogP contribution in [0.5, 0.6) is 5.88 Å². The third kappa shape index (κ3) is 4.98. The molecular formula is C26H30N4O3. The Morgan fingerprint density at radius 2 is 2.03 bits per heavy atom. The monoisotopic (exact) mass is 446 g/mol. The van der Waals surface area contributed by atoms with Gasteiger partial charge in [-0.1, -0.05) is 48.5 Å². The second-order valence-corrected chi connectivity index (χ2v) is 8.95. The predicted octanol–water partition coefficient (Wildman–Crippen LogP) is 3.89. The minimum absolute atomic E-state index is 0.0483. The highest BCUT2D eigenvalue weighted by molar-refractivity contribution is 5.80. The first-order chi connectivity index (χ1) is 15.9. The van der Waals surface area contributed by atoms with Crippen molar-refractivity contribution in [3.05, 3.63) is 83.0 Å². The number of carboxylic acid groups (broad SMARTS) is 1. The van der Waals surface area contributed by atoms with Crippen molar-refractivity contribution in [2.24, 2.45) is 0 Å². The van der Waals surface area contributed by atoms with Crippen LogP contribution >= 0.6 is 0 Å². The molecule has 0 bridgehead atoms. The number of nitrogens with one attached hydrogen (secondary N) is 2. The zero-order valence-corrected chi connectivity index (χ0v) is 19.2. The van der Waals surface area contributed by atoms with Crippen LogP contribution in [0, 0.1) is 6.92 Å². The minimum atomic E-state index is -0.932. The molecule has 4 rings (SSSR count). The number of aryl methyl sites for hydroxylation is 1. The number of fused-ring (bicyclic) bond motifs is 1. The van der Waals surface area contributed by atoms with Gasteiger partial charge in [0, 0.05) is 0 Å². The van der Waals surface area contributed by atoms with Crippen LogP contribution < -0.4 is 15.4 Å². The number of hydrogen-bond donors (Lipinski definition) is 3. The zero-order chi connectivity index (χ0) is 23.4. The van der Waals surface area contributed by atoms with E-state index in [0.29, 0.717) is 19.0 Å². The Morgan fingerprint density at radius 1 is 1.24 bits per heavy atom. The SMILES string of the molecule is Cc1ccc(C(C)(C)C(=O)O)cc1CCN[C@H](c1ccccc1)[C@H]1CNc2ccnnc2O1. The van der Waals surface area contributed by atoms with Crippen LogP contribution in [-0.2, 0) is 16.6 Å². The Balaban J connectivity index is 1.50. The van der Waals surface area contributed by atoms with Crippen LogP contribution in [-0.4, -0.2) is 40.5 Å². The van der Waals surface area contributed by atoms with Gasteiger partial charge < -0.3 is 20.5 Å². The van der Waals surface area contributed by atoms with Gasteiger partial charge in [0.15, 0.2) is 0 Å². The summed E-state index contributed by atoms with van der Waals surface area (Å²) in [5, 5.41) is 24.7. The van der Waals surface area contributed by atoms with Gasteiger partial charge in [-0.2, -0.15) is 5.10 Å². The lowest BCUT2D eigenvalue weighted by Crippen LogP contribution is -2.43. The molecule has 3 aromatic rings. The molecule has 1 aliphatic rings. The molecule has 33 heavy (non-hydrogen) atoms. The average molecular weight is 447 g/mol. The van der Waals surface area contributed by atoms with Crippen molar-refractivity contribution in [3.8, 4) is 5.88 Å². The molecule has 0 amide bonds. The fraction of sp³-hybridized carbons (Fsp3) is 0.346. The number of ether oxygens (including phenoxy) is 1. The van der Waals surface area contributed by atoms with Gasteiger partial charge in [0.1, 0.15) is 11.8 Å². The Kier molecular flexibility index (Phi) is 6.60. The summed E-state index contributed by atoms with van der Waals surface area (Å²) in [4.78, 5) is 11.7. The highest BCUT2D eigenvalue weighted by atomic mass is 16.5. The van der Waals surface area contributed by atoms with Gasteiger partial charge in [0.2, 0.25) is 0 Å². The van der Waals surface area contributed by atoms with Gasteiger partial charge in [-0.15, -0.1) is 5.10 Å². The van der Waals surface area contributed by atoms with Crippen molar-refractivity contribution >= 4 is 11.7 Å². The smallest absolute Gasteiger partial charge is 0.313 e. The van der Waals surface area contributed by atoms with Gasteiger partial charge in [-0.25, -0.2) is 0 Å². The van der Waals surface area contributed by atoms with Crippen LogP contribution in [0.2, 0.25) is 0 Å². The summed E-state index contributed by atoms with van der Waals surface area (Å²) in [6, 6.07) is 18.0. The predicted molar refractivity (Wildman–Crippen MR) is 128 cm³/mol. The molecule has 0 saturated heterocycles. The summed E-state index contributed by atoms with van der Waals surface area (Å²) in [6.07, 6.45) is 2.26. The second-order valence-electron chi connectivity index (χ2n) is 8.95. The van der Waals surface area contributed by atoms with Crippen molar-refractivity contribution in [1.29, 1.82) is 0 Å². The molecule has 7 nitrogen and oxygen atoms in total. The van der Waals surface area contributed by atoms with Crippen molar-refractivity contribution < 1.29 is 14.6 Å². The highest BCUT2D eigenvalue weighted by Gasteiger charge is 2.31. The fourth-order valence-electron chi connectivity index (χ4n) is 4.06. The number of aromatic nitrogens is 2. The highest BCUT2D eigenvalue weighted by Crippen LogP contribution is 2.30. The van der Waals surface area contributed by atoms with Gasteiger partial charge in [-0.3, -0.25) is 4.79 Å². The van der Waals surface area contributed by atoms with Crippen LogP contribution in [0.3, 0.4) is 0 Å². The first-order valence-electron chi connectivity index (χ1n) is 11.2. The molecule has 2 aromatic carbocycles. The van der Waals surface area contributed by atoms with E-state index in [1.165, 1.54) is 0 Å². The fourth-order valence-corrected chi connectivity index (χ4v) is 4.06. The van der Waals surface area contributed by atoms with E-state index in [2.05, 4.69) is 39.9 Å². The molecule has 1 aromatic heterocycles. The van der Waals surface area contributed by atoms with Gasteiger partial charge in [-0.05, 0) is 62.1 Å². The third-order valence-electron chi connectivity index (χ3n) is 6.34. The first-order valence-corrected chi connectivity index (χ1v) is 11.2. The van der Waals surface area contributed by atoms with Crippen molar-refractivity contribution in [1.82, 2.24) is 15.5 Å². The van der Waals surface area contributed by atoms with E-state index in [1.807, 2.05) is 42.5 Å². The average Bonchev–Trinajstić information content (AvgIpc) is 2.83. The molecule has 7 heteroatoms. The van der Waals surface area contributed by atoms with E-state index >= 15 is 0 Å². The van der Waals surface area contributed by atoms with Crippen LogP contribution in [0.25, 0.3) is 0 Å². The molecule has 0 unspecified atom stereocenters. The maximum Gasteiger partial charge on any atom is 0.313 e. The summed E-state index contributed by atoms with van der Waals surface area (Å²) < 4.78 is 6.20. The van der Waals surface area contributed by atoms with E-state index in [4.69, 9.17) is 4.74 Å². The molecule has 2 heterocycles. The normalized spacial score (nSPS) is 16.3. The number of anilines is 1. The quantitative estimate of drug-likeness (QED) is 0.483. The second kappa shape index (κ2) is 9.58. The van der Waals surface area contributed by atoms with Gasteiger partial charge >= 0.3 is 5.97 Å². The molecule has 0 fully saturated rings. The molecule has 172 valence electrons. The van der Waals surface area contributed by atoms with Crippen LogP contribution in [0.1, 0.15) is 42.1 Å². The maximum atomic E-state index is 11.7. The number of carboxylic acids is 1. The summed E-state index contributed by atoms with van der Waals surface area (Å²) in [7, 11) is 0. The first kappa shape index (κ1) is 22.7. The molecule has 1 aliphatic heterocycles. The number of aliphatic carboxylic acids is 1. The molecule has 0 aliphatic carbocycles. The van der Waals surface area contributed by atoms with Crippen molar-refractivity contribution in [3.63, 3.8) is 0 Å². The Hall–Kier alpha value is -3.45. The number of rotatable bonds is 8. The van der Waals surface area contributed by atoms with E-state index < -0.39 is 11.4 Å². The number of nitrogens with zero attached hydrogens (tertiary/aromatic N) is 2. The number of benzene rings is 2. The summed E-state index contributed by atoms with van der Waals surface area (Å²) in [5.74, 6) is -0.319. The van der Waals surface area contributed by atoms with E-state index in [-0.39, 0.29) is 12.1 Å². The molecule has 2 atom stereocenters. The van der Waals surface area contributed by atoms with Gasteiger partial charge in [0.05, 0.1) is 24.2 Å². The van der Waals surface area contributed by atoms with Crippen LogP contribution in [0.4, 0.5) is 5.69 Å². The zero-order valence-electron chi connectivity index (χ0n) is 19.2. The largest absolute Gasteiger partial charge is 0.481 e. The minimum Gasteiger partial charge on any atom is -0.481 e. The number of hydrogen-bond acceptors (Lipinski definition) is 6.